The second-order valence-corrected chi connectivity index (χ2v) is 9.53. The molecule has 1 fully saturated rings. The molecule has 0 amide bonds. The first-order valence-corrected chi connectivity index (χ1v) is 13.1. The summed E-state index contributed by atoms with van der Waals surface area (Å²) in [6.45, 7) is 5.89. The zero-order valence-electron chi connectivity index (χ0n) is 21.0. The molecule has 0 aliphatic carbocycles. The van der Waals surface area contributed by atoms with Crippen molar-refractivity contribution in [1.29, 1.82) is 0 Å². The minimum absolute atomic E-state index is 0.286. The molecule has 3 aromatic rings. The van der Waals surface area contributed by atoms with Crippen molar-refractivity contribution in [1.82, 2.24) is 9.97 Å². The quantitative estimate of drug-likeness (QED) is 0.208. The van der Waals surface area contributed by atoms with Crippen molar-refractivity contribution in [2.75, 3.05) is 13.2 Å². The number of ether oxygens (including phenoxy) is 2. The van der Waals surface area contributed by atoms with E-state index in [9.17, 15) is 4.39 Å². The van der Waals surface area contributed by atoms with E-state index in [-0.39, 0.29) is 6.29 Å². The number of hydrogen-bond acceptors (Lipinski definition) is 4. The van der Waals surface area contributed by atoms with Gasteiger partial charge in [-0.15, -0.1) is 0 Å². The van der Waals surface area contributed by atoms with Crippen LogP contribution < -0.4 is 0 Å². The van der Waals surface area contributed by atoms with E-state index in [0.717, 1.165) is 54.7 Å². The molecule has 0 atom stereocenters. The number of rotatable bonds is 11. The van der Waals surface area contributed by atoms with Gasteiger partial charge in [-0.05, 0) is 30.4 Å². The summed E-state index contributed by atoms with van der Waals surface area (Å²) in [6.07, 6.45) is 10.1. The molecule has 0 radical (unpaired) electrons. The normalized spacial score (nSPS) is 18.0. The van der Waals surface area contributed by atoms with Crippen LogP contribution >= 0.6 is 0 Å². The number of unbranched alkanes of at least 4 members (excludes halogenated alkanes) is 4. The Kier molecular flexibility index (Phi) is 9.38. The lowest BCUT2D eigenvalue weighted by molar-refractivity contribution is -0.206. The van der Waals surface area contributed by atoms with Gasteiger partial charge < -0.3 is 9.47 Å². The summed E-state index contributed by atoms with van der Waals surface area (Å²) < 4.78 is 26.4. The van der Waals surface area contributed by atoms with Gasteiger partial charge in [0, 0.05) is 28.8 Å². The van der Waals surface area contributed by atoms with Gasteiger partial charge in [-0.3, -0.25) is 0 Å². The van der Waals surface area contributed by atoms with Gasteiger partial charge in [0.2, 0.25) is 5.95 Å². The monoisotopic (exact) mass is 476 g/mol. The van der Waals surface area contributed by atoms with Gasteiger partial charge in [0.05, 0.1) is 13.2 Å². The molecule has 4 rings (SSSR count). The molecule has 1 aromatic heterocycles. The molecule has 0 bridgehead atoms. The molecule has 1 aliphatic rings. The fraction of sp³-hybridized carbons (Fsp3) is 0.467. The van der Waals surface area contributed by atoms with Crippen LogP contribution in [0.3, 0.4) is 0 Å². The largest absolute Gasteiger partial charge is 0.348 e. The summed E-state index contributed by atoms with van der Waals surface area (Å²) in [5.74, 6) is 0.513. The van der Waals surface area contributed by atoms with Crippen molar-refractivity contribution in [3.63, 3.8) is 0 Å². The van der Waals surface area contributed by atoms with Crippen LogP contribution in [0.1, 0.15) is 76.2 Å². The minimum Gasteiger partial charge on any atom is -0.348 e. The fourth-order valence-electron chi connectivity index (χ4n) is 4.49. The molecule has 186 valence electrons. The number of benzene rings is 2. The molecule has 4 nitrogen and oxygen atoms in total. The van der Waals surface area contributed by atoms with E-state index in [1.54, 1.807) is 6.20 Å². The first-order valence-electron chi connectivity index (χ1n) is 13.1. The molecule has 35 heavy (non-hydrogen) atoms. The number of aryl methyl sites for hydroxylation is 1. The van der Waals surface area contributed by atoms with Crippen LogP contribution in [0.4, 0.5) is 4.39 Å². The Balaban J connectivity index is 1.35. The van der Waals surface area contributed by atoms with E-state index in [1.165, 1.54) is 25.7 Å². The second-order valence-electron chi connectivity index (χ2n) is 9.53. The van der Waals surface area contributed by atoms with Crippen LogP contribution in [0.5, 0.6) is 0 Å². The Hall–Kier alpha value is -2.63. The van der Waals surface area contributed by atoms with E-state index < -0.39 is 5.95 Å². The van der Waals surface area contributed by atoms with Crippen LogP contribution in [-0.4, -0.2) is 23.2 Å². The molecule has 5 heteroatoms. The molecular formula is C30H37FN2O2. The van der Waals surface area contributed by atoms with E-state index in [0.29, 0.717) is 23.7 Å². The van der Waals surface area contributed by atoms with Gasteiger partial charge in [-0.25, -0.2) is 4.98 Å². The highest BCUT2D eigenvalue weighted by molar-refractivity contribution is 5.67. The Bertz CT molecular complexity index is 1040. The Morgan fingerprint density at radius 2 is 1.40 bits per heavy atom. The van der Waals surface area contributed by atoms with E-state index in [1.807, 2.05) is 24.3 Å². The smallest absolute Gasteiger partial charge is 0.219 e. The predicted molar refractivity (Wildman–Crippen MR) is 138 cm³/mol. The third kappa shape index (κ3) is 6.96. The number of aromatic nitrogens is 2. The van der Waals surface area contributed by atoms with Crippen molar-refractivity contribution >= 4 is 0 Å². The molecule has 0 N–H and O–H groups in total. The molecule has 0 spiro atoms. The Labute approximate surface area is 208 Å². The summed E-state index contributed by atoms with van der Waals surface area (Å²) in [5, 5.41) is 0. The zero-order valence-corrected chi connectivity index (χ0v) is 21.0. The van der Waals surface area contributed by atoms with Gasteiger partial charge >= 0.3 is 0 Å². The Morgan fingerprint density at radius 1 is 0.800 bits per heavy atom. The zero-order chi connectivity index (χ0) is 24.5. The van der Waals surface area contributed by atoms with E-state index in [2.05, 4.69) is 48.1 Å². The lowest BCUT2D eigenvalue weighted by Gasteiger charge is -2.29. The van der Waals surface area contributed by atoms with Crippen molar-refractivity contribution in [3.05, 3.63) is 71.8 Å². The summed E-state index contributed by atoms with van der Waals surface area (Å²) in [6, 6.07) is 16.3. The average Bonchev–Trinajstić information content (AvgIpc) is 2.90. The predicted octanol–water partition coefficient (Wildman–Crippen LogP) is 7.92. The van der Waals surface area contributed by atoms with Gasteiger partial charge in [-0.1, -0.05) is 94.5 Å². The first-order chi connectivity index (χ1) is 17.2. The third-order valence-electron chi connectivity index (χ3n) is 6.70. The topological polar surface area (TPSA) is 44.2 Å². The van der Waals surface area contributed by atoms with E-state index >= 15 is 0 Å². The summed E-state index contributed by atoms with van der Waals surface area (Å²) >= 11 is 0. The maximum atomic E-state index is 14.4. The molecule has 0 saturated carbocycles. The second kappa shape index (κ2) is 12.9. The highest BCUT2D eigenvalue weighted by Crippen LogP contribution is 2.30. The van der Waals surface area contributed by atoms with Crippen LogP contribution in [0, 0.1) is 11.9 Å². The van der Waals surface area contributed by atoms with Crippen LogP contribution in [0.15, 0.2) is 54.7 Å². The molecule has 1 saturated heterocycles. The van der Waals surface area contributed by atoms with Gasteiger partial charge in [0.25, 0.3) is 0 Å². The summed E-state index contributed by atoms with van der Waals surface area (Å²) in [7, 11) is 0. The lowest BCUT2D eigenvalue weighted by Crippen LogP contribution is -2.27. The van der Waals surface area contributed by atoms with Crippen molar-refractivity contribution < 1.29 is 13.9 Å². The Morgan fingerprint density at radius 3 is 2.03 bits per heavy atom. The number of hydrogen-bond donors (Lipinski definition) is 0. The summed E-state index contributed by atoms with van der Waals surface area (Å²) in [5.41, 5.74) is 4.63. The summed E-state index contributed by atoms with van der Waals surface area (Å²) in [4.78, 5) is 8.51. The van der Waals surface area contributed by atoms with Crippen molar-refractivity contribution in [3.8, 4) is 22.5 Å². The lowest BCUT2D eigenvalue weighted by atomic mass is 10.0. The van der Waals surface area contributed by atoms with Crippen LogP contribution in [0.25, 0.3) is 22.5 Å². The van der Waals surface area contributed by atoms with E-state index in [4.69, 9.17) is 9.47 Å². The number of nitrogens with zero attached hydrogens (tertiary/aromatic N) is 2. The van der Waals surface area contributed by atoms with Crippen molar-refractivity contribution in [2.45, 2.75) is 71.5 Å². The molecule has 1 aliphatic heterocycles. The first kappa shape index (κ1) is 25.5. The van der Waals surface area contributed by atoms with Gasteiger partial charge in [0.1, 0.15) is 0 Å². The van der Waals surface area contributed by atoms with Crippen molar-refractivity contribution in [2.24, 2.45) is 5.92 Å². The minimum atomic E-state index is -0.412. The number of halogens is 1. The van der Waals surface area contributed by atoms with Gasteiger partial charge in [-0.2, -0.15) is 9.37 Å². The standard InChI is InChI=1S/C30H37FN2O2/c1-3-5-7-9-22-20-34-30(35-21-22)26-17-13-24(14-18-26)23-11-15-25(16-12-23)29-32-19-27(28(31)33-29)10-8-6-4-2/h11-19,22,30H,3-10,20-21H2,1-2H3. The molecule has 0 unspecified atom stereocenters. The maximum Gasteiger partial charge on any atom is 0.219 e. The average molecular weight is 477 g/mol. The highest BCUT2D eigenvalue weighted by Gasteiger charge is 2.23. The third-order valence-corrected chi connectivity index (χ3v) is 6.70. The van der Waals surface area contributed by atoms with Crippen LogP contribution in [-0.2, 0) is 15.9 Å². The highest BCUT2D eigenvalue weighted by atomic mass is 19.1. The molecular weight excluding hydrogens is 439 g/mol. The fourth-order valence-corrected chi connectivity index (χ4v) is 4.49. The van der Waals surface area contributed by atoms with Crippen LogP contribution in [0.2, 0.25) is 0 Å². The molecule has 2 aromatic carbocycles. The maximum absolute atomic E-state index is 14.4. The molecule has 2 heterocycles. The van der Waals surface area contributed by atoms with Gasteiger partial charge in [0.15, 0.2) is 12.1 Å². The SMILES string of the molecule is CCCCCc1cnc(-c2ccc(-c3ccc(C4OCC(CCCCC)CO4)cc3)cc2)nc1F.